The zero-order valence-electron chi connectivity index (χ0n) is 74.3. The van der Waals surface area contributed by atoms with Gasteiger partial charge in [-0.05, 0) is 150 Å². The number of ketones is 1. The average molecular weight is 1900 g/mol. The van der Waals surface area contributed by atoms with E-state index in [2.05, 4.69) is 45.2 Å². The second kappa shape index (κ2) is 55.9. The molecule has 0 radical (unpaired) electrons. The number of ether oxygens (including phenoxy) is 6. The van der Waals surface area contributed by atoms with Crippen LogP contribution in [0, 0.1) is 0 Å². The van der Waals surface area contributed by atoms with E-state index in [1.807, 2.05) is 103 Å². The molecule has 0 saturated heterocycles. The molecule has 16 rings (SSSR count). The fourth-order valence-corrected chi connectivity index (χ4v) is 11.0. The van der Waals surface area contributed by atoms with Gasteiger partial charge in [-0.25, -0.2) is 53.7 Å². The van der Waals surface area contributed by atoms with Crippen LogP contribution in [0.3, 0.4) is 0 Å². The van der Waals surface area contributed by atoms with E-state index in [1.165, 1.54) is 110 Å². The quantitative estimate of drug-likeness (QED) is 0.0162. The molecule has 141 heavy (non-hydrogen) atoms. The van der Waals surface area contributed by atoms with Crippen molar-refractivity contribution in [1.29, 1.82) is 0 Å². The minimum Gasteiger partial charge on any atom is -0.489 e. The van der Waals surface area contributed by atoms with Crippen LogP contribution in [0.15, 0.2) is 389 Å². The van der Waals surface area contributed by atoms with E-state index >= 15 is 0 Å². The maximum atomic E-state index is 11.9. The summed E-state index contributed by atoms with van der Waals surface area (Å²) >= 11 is 0. The number of esters is 3. The van der Waals surface area contributed by atoms with Gasteiger partial charge in [-0.2, -0.15) is 0 Å². The second-order valence-electron chi connectivity index (χ2n) is 28.4. The zero-order chi connectivity index (χ0) is 101. The largest absolute Gasteiger partial charge is 0.489 e. The molecule has 0 unspecified atom stereocenters. The van der Waals surface area contributed by atoms with Crippen molar-refractivity contribution in [1.82, 2.24) is 39.9 Å². The number of aromatic carboxylic acids is 3. The molecular formula is C105H86N14O22. The van der Waals surface area contributed by atoms with Crippen molar-refractivity contribution >= 4 is 82.7 Å². The monoisotopic (exact) mass is 1890 g/mol. The molecule has 8 heterocycles. The summed E-state index contributed by atoms with van der Waals surface area (Å²) in [6, 6.07) is 96.5. The Kier molecular flexibility index (Phi) is 41.4. The van der Waals surface area contributed by atoms with Gasteiger partial charge in [-0.3, -0.25) is 48.5 Å². The number of primary amides is 5. The summed E-state index contributed by atoms with van der Waals surface area (Å²) in [5.74, 6) is -5.61. The fourth-order valence-electron chi connectivity index (χ4n) is 11.0. The zero-order valence-corrected chi connectivity index (χ0v) is 74.3. The number of hydrogen-bond acceptors (Lipinski definition) is 27. The van der Waals surface area contributed by atoms with E-state index in [4.69, 9.17) is 72.4 Å². The average Bonchev–Trinajstić information content (AvgIpc) is 0.879. The van der Waals surface area contributed by atoms with Crippen LogP contribution in [0.4, 0.5) is 5.69 Å². The molecule has 0 aliphatic heterocycles. The Morgan fingerprint density at radius 2 is 0.518 bits per heavy atom. The number of carboxylic acid groups (broad SMARTS) is 3. The summed E-state index contributed by atoms with van der Waals surface area (Å²) in [6.07, 6.45) is 11.3. The third-order valence-electron chi connectivity index (χ3n) is 18.1. The van der Waals surface area contributed by atoms with Gasteiger partial charge in [0.25, 0.3) is 35.4 Å². The van der Waals surface area contributed by atoms with E-state index in [0.29, 0.717) is 76.1 Å². The van der Waals surface area contributed by atoms with Gasteiger partial charge >= 0.3 is 35.8 Å². The number of amides is 6. The highest BCUT2D eigenvalue weighted by Gasteiger charge is 2.17. The molecule has 0 saturated carbocycles. The van der Waals surface area contributed by atoms with Crippen LogP contribution < -0.4 is 62.4 Å². The van der Waals surface area contributed by atoms with Crippen LogP contribution >= 0.6 is 0 Å². The maximum absolute atomic E-state index is 11.9. The number of hydrogen-bond donors (Lipinski definition) is 9. The fraction of sp³-hybridized carbons (Fsp3) is 0.0381. The summed E-state index contributed by atoms with van der Waals surface area (Å²) < 4.78 is 31.7. The minimum atomic E-state index is -1.13. The SMILES string of the molecule is NC(=O)c1cc(NC(=O)c2ccccc2)ccn1.NC(=O)c1cc(OC(=O)c2ccccc2)ccn1.NC(=O)c1cc(OCc2ccccc2)ccn1.NC(=O)c1ccc(OC(=O)c2ccccc2)cn1.NC(=O)c1ccc(OCc2ccccc2)cn1.O=C(Cc1ccc(C(=O)O)nc1)c1ccccc1.O=C(O)c1ccc(OCc2ccccc2)cn1.O=C(Oc1ccc(C(=O)O)nc1)c1ccccc1. The number of nitrogens with zero attached hydrogens (tertiary/aromatic N) is 8. The molecule has 36 heteroatoms. The summed E-state index contributed by atoms with van der Waals surface area (Å²) in [6.45, 7) is 1.36. The highest BCUT2D eigenvalue weighted by molar-refractivity contribution is 6.05. The van der Waals surface area contributed by atoms with Gasteiger partial charge < -0.3 is 77.7 Å². The number of benzene rings is 8. The molecule has 0 aliphatic rings. The first-order valence-corrected chi connectivity index (χ1v) is 41.7. The van der Waals surface area contributed by atoms with Gasteiger partial charge in [0, 0.05) is 60.2 Å². The number of anilines is 1. The molecule has 8 aromatic carbocycles. The van der Waals surface area contributed by atoms with Crippen LogP contribution in [0.1, 0.15) is 158 Å². The molecule has 708 valence electrons. The highest BCUT2D eigenvalue weighted by atomic mass is 16.5. The number of pyridine rings is 8. The first-order chi connectivity index (χ1) is 68.1. The van der Waals surface area contributed by atoms with Crippen molar-refractivity contribution in [2.45, 2.75) is 26.2 Å². The first kappa shape index (κ1) is 104. The van der Waals surface area contributed by atoms with E-state index < -0.39 is 65.4 Å². The van der Waals surface area contributed by atoms with Crippen molar-refractivity contribution in [2.24, 2.45) is 28.7 Å². The number of carboxylic acids is 3. The molecule has 14 N–H and O–H groups in total. The van der Waals surface area contributed by atoms with E-state index in [1.54, 1.807) is 176 Å². The van der Waals surface area contributed by atoms with Gasteiger partial charge in [0.1, 0.15) is 99.9 Å². The highest BCUT2D eigenvalue weighted by Crippen LogP contribution is 2.21. The maximum Gasteiger partial charge on any atom is 0.354 e. The lowest BCUT2D eigenvalue weighted by Crippen LogP contribution is -2.15. The summed E-state index contributed by atoms with van der Waals surface area (Å²) in [5, 5.41) is 28.7. The predicted molar refractivity (Wildman–Crippen MR) is 513 cm³/mol. The summed E-state index contributed by atoms with van der Waals surface area (Å²) in [5.41, 5.74) is 32.9. The van der Waals surface area contributed by atoms with E-state index in [9.17, 15) is 62.3 Å². The van der Waals surface area contributed by atoms with Crippen LogP contribution in [-0.2, 0) is 26.2 Å². The molecule has 0 atom stereocenters. The van der Waals surface area contributed by atoms with Gasteiger partial charge in [0.2, 0.25) is 0 Å². The number of aromatic nitrogens is 8. The third kappa shape index (κ3) is 37.3. The predicted octanol–water partition coefficient (Wildman–Crippen LogP) is 14.3. The van der Waals surface area contributed by atoms with Crippen LogP contribution in [0.25, 0.3) is 0 Å². The molecule has 0 fully saturated rings. The first-order valence-electron chi connectivity index (χ1n) is 41.7. The number of carbonyl (C=O) groups is 13. The van der Waals surface area contributed by atoms with Gasteiger partial charge in [-0.1, -0.05) is 200 Å². The van der Waals surface area contributed by atoms with E-state index in [0.717, 1.165) is 16.7 Å². The summed E-state index contributed by atoms with van der Waals surface area (Å²) in [7, 11) is 0. The number of nitrogens with two attached hydrogens (primary N) is 5. The number of Topliss-reactive ketones (excluding diaryl/α,β-unsaturated/α-hetero) is 1. The molecule has 0 spiro atoms. The molecule has 8 aromatic heterocycles. The van der Waals surface area contributed by atoms with Crippen LogP contribution in [0.2, 0.25) is 0 Å². The Morgan fingerprint density at radius 3 is 0.844 bits per heavy atom. The van der Waals surface area contributed by atoms with Crippen molar-refractivity contribution in [3.63, 3.8) is 0 Å². The van der Waals surface area contributed by atoms with E-state index in [-0.39, 0.29) is 80.9 Å². The third-order valence-corrected chi connectivity index (χ3v) is 18.1. The van der Waals surface area contributed by atoms with Gasteiger partial charge in [0.15, 0.2) is 5.78 Å². The molecule has 6 amide bonds. The number of nitrogens with one attached hydrogen (secondary N) is 1. The topological polar surface area (TPSA) is 583 Å². The number of rotatable bonds is 28. The van der Waals surface area contributed by atoms with Gasteiger partial charge in [0.05, 0.1) is 41.5 Å². The van der Waals surface area contributed by atoms with Crippen LogP contribution in [-0.4, -0.2) is 132 Å². The second-order valence-corrected chi connectivity index (χ2v) is 28.4. The lowest BCUT2D eigenvalue weighted by atomic mass is 10.0. The molecule has 16 aromatic rings. The van der Waals surface area contributed by atoms with Gasteiger partial charge in [-0.15, -0.1) is 0 Å². The van der Waals surface area contributed by atoms with Crippen LogP contribution in [0.5, 0.6) is 34.5 Å². The normalized spacial score (nSPS) is 9.84. The minimum absolute atomic E-state index is 0.0112. The van der Waals surface area contributed by atoms with Crippen molar-refractivity contribution in [3.8, 4) is 34.5 Å². The molecule has 36 nitrogen and oxygen atoms in total. The van der Waals surface area contributed by atoms with Crippen molar-refractivity contribution in [3.05, 3.63) is 485 Å². The molecule has 0 bridgehead atoms. The Balaban J connectivity index is 0.000000180. The van der Waals surface area contributed by atoms with Crippen molar-refractivity contribution in [2.75, 3.05) is 5.32 Å². The Labute approximate surface area is 804 Å². The standard InChI is InChI=1S/C14H11NO3.C13H11N3O2.2C13H10N2O3.2C13H12N2O2.C13H9NO4.C13H11NO3/c16-13(11-4-2-1-3-5-11)8-10-6-7-12(14(17)18)15-9-10;14-12(17)11-8-10(6-7-15-11)16-13(18)9-4-2-1-3-5-9;14-12(16)11-8-10(6-7-15-11)18-13(17)9-4-2-1-3-5-9;14-12(16)11-7-6-10(8-15-11)18-13(17)9-4-2-1-3-5-9;14-13(16)12-8-11(6-7-15-12)17-9-10-4-2-1-3-5-10;14-13(16)12-7-6-11(8-15-12)17-9-10-4-2-1-3-5-10;15-12(16)11-7-6-10(8-14-11)18-13(17)9-4-2-1-3-5-9;15-13(16)12-7-6-11(8-14-12)17-9-10-4-2-1-3-5-10/h1-7,9H,8H2,(H,17,18);1-8H,(H2,14,17)(H,15,16,18);2*1-8H,(H2,14,16);2*1-8H,9H2,(H2,14,16);1-8H,(H,15,16);1-8H,9H2,(H,15,16). The lowest BCUT2D eigenvalue weighted by Gasteiger charge is -2.06. The Bertz CT molecular complexity index is 6370. The Hall–Kier alpha value is -20.3. The molecule has 0 aliphatic carbocycles. The number of carbonyl (C=O) groups excluding carboxylic acids is 10. The molecular weight excluding hydrogens is 1810 g/mol. The lowest BCUT2D eigenvalue weighted by molar-refractivity contribution is 0.0679. The summed E-state index contributed by atoms with van der Waals surface area (Å²) in [4.78, 5) is 175. The van der Waals surface area contributed by atoms with Crippen molar-refractivity contribution < 1.29 is 106 Å². The smallest absolute Gasteiger partial charge is 0.354 e. The Morgan fingerprint density at radius 1 is 0.241 bits per heavy atom.